The van der Waals surface area contributed by atoms with Gasteiger partial charge in [0.05, 0.1) is 11.8 Å². The molecule has 2 rings (SSSR count). The summed E-state index contributed by atoms with van der Waals surface area (Å²) in [5, 5.41) is 0. The molecule has 0 radical (unpaired) electrons. The largest absolute Gasteiger partial charge is 0.331 e. The molecule has 0 saturated carbocycles. The van der Waals surface area contributed by atoms with Gasteiger partial charge in [-0.15, -0.1) is 0 Å². The first-order valence-corrected chi connectivity index (χ1v) is 8.57. The third kappa shape index (κ3) is 2.89. The summed E-state index contributed by atoms with van der Waals surface area (Å²) in [6.45, 7) is 4.24. The van der Waals surface area contributed by atoms with Crippen molar-refractivity contribution in [3.63, 3.8) is 0 Å². The zero-order valence-corrected chi connectivity index (χ0v) is 13.7. The summed E-state index contributed by atoms with van der Waals surface area (Å²) < 4.78 is 22.6. The maximum absolute atomic E-state index is 12.5. The lowest BCUT2D eigenvalue weighted by atomic mass is 9.88. The van der Waals surface area contributed by atoms with Gasteiger partial charge >= 0.3 is 7.60 Å². The first kappa shape index (κ1) is 16.1. The molecule has 1 amide bonds. The highest BCUT2D eigenvalue weighted by Gasteiger charge is 2.46. The molecule has 0 bridgehead atoms. The number of carbonyl (C=O) groups excluding carboxylic acids is 1. The van der Waals surface area contributed by atoms with Gasteiger partial charge in [0.2, 0.25) is 5.91 Å². The van der Waals surface area contributed by atoms with E-state index in [0.717, 1.165) is 11.3 Å². The number of amides is 1. The lowest BCUT2D eigenvalue weighted by molar-refractivity contribution is -0.118. The van der Waals surface area contributed by atoms with Crippen LogP contribution in [0.3, 0.4) is 0 Å². The van der Waals surface area contributed by atoms with Gasteiger partial charge in [-0.25, -0.2) is 0 Å². The highest BCUT2D eigenvalue weighted by Crippen LogP contribution is 2.54. The van der Waals surface area contributed by atoms with Gasteiger partial charge in [0.25, 0.3) is 0 Å². The van der Waals surface area contributed by atoms with Gasteiger partial charge in [-0.1, -0.05) is 13.8 Å². The fourth-order valence-electron chi connectivity index (χ4n) is 2.79. The second-order valence-electron chi connectivity index (χ2n) is 5.42. The fourth-order valence-corrected chi connectivity index (χ4v) is 4.32. The quantitative estimate of drug-likeness (QED) is 0.782. The van der Waals surface area contributed by atoms with E-state index >= 15 is 0 Å². The van der Waals surface area contributed by atoms with Crippen LogP contribution >= 0.6 is 7.60 Å². The van der Waals surface area contributed by atoms with Crippen LogP contribution in [0, 0.1) is 0 Å². The second kappa shape index (κ2) is 5.87. The van der Waals surface area contributed by atoms with E-state index < -0.39 is 13.0 Å². The summed E-state index contributed by atoms with van der Waals surface area (Å²) in [5.74, 6) is 0.0378. The first-order valence-electron chi connectivity index (χ1n) is 6.84. The maximum Gasteiger partial charge on any atom is 0.331 e. The van der Waals surface area contributed by atoms with Gasteiger partial charge in [-0.2, -0.15) is 0 Å². The van der Waals surface area contributed by atoms with Crippen LogP contribution < -0.4 is 4.90 Å². The fraction of sp³-hybridized carbons (Fsp3) is 0.571. The summed E-state index contributed by atoms with van der Waals surface area (Å²) >= 11 is 0. The summed E-state index contributed by atoms with van der Waals surface area (Å²) in [4.78, 5) is 18.0. The van der Waals surface area contributed by atoms with Crippen LogP contribution in [0.1, 0.15) is 25.8 Å². The molecule has 7 heteroatoms. The van der Waals surface area contributed by atoms with Crippen molar-refractivity contribution >= 4 is 19.2 Å². The molecule has 0 fully saturated rings. The number of hydrogen-bond acceptors (Lipinski definition) is 5. The SMILES string of the molecule is CCC(=O)N1CC(C)(CP(=O)(OC)OC)c2cnccc21. The highest BCUT2D eigenvalue weighted by molar-refractivity contribution is 7.53. The zero-order chi connectivity index (χ0) is 15.7. The number of aromatic nitrogens is 1. The second-order valence-corrected chi connectivity index (χ2v) is 7.69. The predicted molar refractivity (Wildman–Crippen MR) is 80.7 cm³/mol. The predicted octanol–water partition coefficient (Wildman–Crippen LogP) is 2.58. The molecule has 0 aliphatic carbocycles. The third-order valence-corrected chi connectivity index (χ3v) is 6.15. The van der Waals surface area contributed by atoms with Crippen LogP contribution in [0.15, 0.2) is 18.5 Å². The Hall–Kier alpha value is -1.23. The van der Waals surface area contributed by atoms with Crippen LogP contribution in [0.5, 0.6) is 0 Å². The van der Waals surface area contributed by atoms with E-state index in [1.807, 2.05) is 19.9 Å². The maximum atomic E-state index is 12.5. The minimum atomic E-state index is -3.18. The molecule has 1 aromatic heterocycles. The molecule has 1 atom stereocenters. The summed E-state index contributed by atoms with van der Waals surface area (Å²) in [6, 6.07) is 1.82. The standard InChI is InChI=1S/C14H21N2O4P/c1-5-13(17)16-9-14(2,10-21(18,19-3)20-4)11-8-15-7-6-12(11)16/h6-8H,5,9-10H2,1-4H3. The molecule has 1 aliphatic rings. The number of pyridine rings is 1. The van der Waals surface area contributed by atoms with Gasteiger partial charge in [-0.3, -0.25) is 14.3 Å². The van der Waals surface area contributed by atoms with E-state index in [4.69, 9.17) is 9.05 Å². The van der Waals surface area contributed by atoms with Crippen molar-refractivity contribution in [1.29, 1.82) is 0 Å². The molecular weight excluding hydrogens is 291 g/mol. The van der Waals surface area contributed by atoms with E-state index in [9.17, 15) is 9.36 Å². The molecule has 0 spiro atoms. The molecule has 1 aliphatic heterocycles. The highest BCUT2D eigenvalue weighted by atomic mass is 31.2. The van der Waals surface area contributed by atoms with Crippen LogP contribution in [0.25, 0.3) is 0 Å². The molecule has 0 N–H and O–H groups in total. The van der Waals surface area contributed by atoms with E-state index in [1.165, 1.54) is 14.2 Å². The summed E-state index contributed by atoms with van der Waals surface area (Å²) in [7, 11) is -0.429. The van der Waals surface area contributed by atoms with Crippen molar-refractivity contribution in [3.05, 3.63) is 24.0 Å². The Morgan fingerprint density at radius 2 is 2.14 bits per heavy atom. The minimum absolute atomic E-state index is 0.0378. The van der Waals surface area contributed by atoms with Crippen LogP contribution in [-0.4, -0.2) is 37.8 Å². The molecule has 21 heavy (non-hydrogen) atoms. The summed E-state index contributed by atoms with van der Waals surface area (Å²) in [6.07, 6.45) is 4.02. The average molecular weight is 312 g/mol. The van der Waals surface area contributed by atoms with E-state index in [-0.39, 0.29) is 12.1 Å². The van der Waals surface area contributed by atoms with Crippen molar-refractivity contribution < 1.29 is 18.4 Å². The number of nitrogens with zero attached hydrogens (tertiary/aromatic N) is 2. The Morgan fingerprint density at radius 3 is 2.71 bits per heavy atom. The molecular formula is C14H21N2O4P. The van der Waals surface area contributed by atoms with E-state index in [2.05, 4.69) is 4.98 Å². The molecule has 116 valence electrons. The number of rotatable bonds is 5. The molecule has 0 saturated heterocycles. The number of fused-ring (bicyclic) bond motifs is 1. The lowest BCUT2D eigenvalue weighted by Gasteiger charge is -2.28. The monoisotopic (exact) mass is 312 g/mol. The van der Waals surface area contributed by atoms with Gasteiger partial charge < -0.3 is 13.9 Å². The molecule has 1 unspecified atom stereocenters. The van der Waals surface area contributed by atoms with Gasteiger partial charge in [0, 0.05) is 50.6 Å². The molecule has 1 aromatic rings. The average Bonchev–Trinajstić information content (AvgIpc) is 2.80. The minimum Gasteiger partial charge on any atom is -0.312 e. The number of carbonyl (C=O) groups is 1. The van der Waals surface area contributed by atoms with Crippen molar-refractivity contribution in [3.8, 4) is 0 Å². The zero-order valence-electron chi connectivity index (χ0n) is 12.8. The lowest BCUT2D eigenvalue weighted by Crippen LogP contribution is -2.37. The molecule has 0 aromatic carbocycles. The first-order chi connectivity index (χ1) is 9.89. The molecule has 6 nitrogen and oxygen atoms in total. The van der Waals surface area contributed by atoms with Crippen molar-refractivity contribution in [1.82, 2.24) is 4.98 Å². The van der Waals surface area contributed by atoms with Crippen LogP contribution in [0.4, 0.5) is 5.69 Å². The van der Waals surface area contributed by atoms with Gasteiger partial charge in [0.1, 0.15) is 0 Å². The summed E-state index contributed by atoms with van der Waals surface area (Å²) in [5.41, 5.74) is 1.23. The smallest absolute Gasteiger partial charge is 0.312 e. The topological polar surface area (TPSA) is 68.7 Å². The van der Waals surface area contributed by atoms with E-state index in [0.29, 0.717) is 13.0 Å². The van der Waals surface area contributed by atoms with Crippen molar-refractivity contribution in [2.24, 2.45) is 0 Å². The third-order valence-electron chi connectivity index (χ3n) is 3.95. The Kier molecular flexibility index (Phi) is 4.51. The Bertz CT molecular complexity index is 584. The van der Waals surface area contributed by atoms with Crippen molar-refractivity contribution in [2.45, 2.75) is 25.7 Å². The Labute approximate surface area is 125 Å². The van der Waals surface area contributed by atoms with E-state index in [1.54, 1.807) is 17.3 Å². The van der Waals surface area contributed by atoms with Crippen LogP contribution in [0.2, 0.25) is 0 Å². The normalized spacial score (nSPS) is 21.4. The van der Waals surface area contributed by atoms with Crippen LogP contribution in [-0.2, 0) is 23.8 Å². The van der Waals surface area contributed by atoms with Gasteiger partial charge in [0.15, 0.2) is 0 Å². The van der Waals surface area contributed by atoms with Gasteiger partial charge in [-0.05, 0) is 6.07 Å². The number of hydrogen-bond donors (Lipinski definition) is 0. The Morgan fingerprint density at radius 1 is 1.48 bits per heavy atom. The van der Waals surface area contributed by atoms with Crippen molar-refractivity contribution in [2.75, 3.05) is 31.8 Å². The Balaban J connectivity index is 2.42. The molecule has 2 heterocycles. The number of anilines is 1.